The van der Waals surface area contributed by atoms with Gasteiger partial charge in [0.05, 0.1) is 11.4 Å². The first-order chi connectivity index (χ1) is 14.8. The SMILES string of the molecule is ClCCN(CCCl)c1ccc(N=N/C(=N/Nc2ccccc2)c2ccccc2)cc1. The molecule has 1 N–H and O–H groups in total. The molecule has 0 atom stereocenters. The minimum Gasteiger partial charge on any atom is -0.369 e. The molecule has 5 nitrogen and oxygen atoms in total. The molecule has 0 bridgehead atoms. The zero-order valence-electron chi connectivity index (χ0n) is 16.5. The van der Waals surface area contributed by atoms with Gasteiger partial charge in [0.15, 0.2) is 0 Å². The second kappa shape index (κ2) is 12.0. The average Bonchev–Trinajstić information content (AvgIpc) is 2.81. The number of alkyl halides is 2. The van der Waals surface area contributed by atoms with Gasteiger partial charge in [-0.2, -0.15) is 5.10 Å². The van der Waals surface area contributed by atoms with Gasteiger partial charge in [-0.1, -0.05) is 48.5 Å². The van der Waals surface area contributed by atoms with Crippen molar-refractivity contribution in [2.75, 3.05) is 35.2 Å². The molecule has 0 spiro atoms. The number of rotatable bonds is 9. The summed E-state index contributed by atoms with van der Waals surface area (Å²) in [6, 6.07) is 27.3. The van der Waals surface area contributed by atoms with Crippen LogP contribution in [-0.2, 0) is 0 Å². The van der Waals surface area contributed by atoms with E-state index >= 15 is 0 Å². The summed E-state index contributed by atoms with van der Waals surface area (Å²) < 4.78 is 0. The van der Waals surface area contributed by atoms with Crippen molar-refractivity contribution in [3.63, 3.8) is 0 Å². The number of nitrogens with zero attached hydrogens (tertiary/aromatic N) is 4. The summed E-state index contributed by atoms with van der Waals surface area (Å²) in [6.45, 7) is 1.48. The van der Waals surface area contributed by atoms with Crippen LogP contribution in [-0.4, -0.2) is 30.7 Å². The van der Waals surface area contributed by atoms with E-state index in [2.05, 4.69) is 25.7 Å². The number of halogens is 2. The van der Waals surface area contributed by atoms with Crippen LogP contribution in [0.5, 0.6) is 0 Å². The number of nitrogens with one attached hydrogen (secondary N) is 1. The molecule has 0 amide bonds. The highest BCUT2D eigenvalue weighted by Crippen LogP contribution is 2.21. The van der Waals surface area contributed by atoms with Crippen molar-refractivity contribution in [1.82, 2.24) is 0 Å². The highest BCUT2D eigenvalue weighted by molar-refractivity contribution is 6.18. The van der Waals surface area contributed by atoms with E-state index in [1.54, 1.807) is 0 Å². The number of azo groups is 1. The van der Waals surface area contributed by atoms with Gasteiger partial charge in [-0.3, -0.25) is 5.43 Å². The number of anilines is 2. The van der Waals surface area contributed by atoms with Gasteiger partial charge in [-0.15, -0.1) is 33.4 Å². The lowest BCUT2D eigenvalue weighted by molar-refractivity contribution is 0.874. The fourth-order valence-corrected chi connectivity index (χ4v) is 3.18. The second-order valence-electron chi connectivity index (χ2n) is 6.36. The molecule has 0 heterocycles. The van der Waals surface area contributed by atoms with Crippen molar-refractivity contribution in [2.24, 2.45) is 15.3 Å². The number of para-hydroxylation sites is 1. The summed E-state index contributed by atoms with van der Waals surface area (Å²) in [5.41, 5.74) is 6.57. The zero-order valence-corrected chi connectivity index (χ0v) is 18.0. The maximum absolute atomic E-state index is 5.89. The van der Waals surface area contributed by atoms with E-state index < -0.39 is 0 Å². The lowest BCUT2D eigenvalue weighted by Gasteiger charge is -2.22. The third-order valence-electron chi connectivity index (χ3n) is 4.28. The Morgan fingerprint density at radius 2 is 1.37 bits per heavy atom. The largest absolute Gasteiger partial charge is 0.369 e. The molecule has 30 heavy (non-hydrogen) atoms. The third-order valence-corrected chi connectivity index (χ3v) is 4.62. The van der Waals surface area contributed by atoms with Crippen LogP contribution in [0.1, 0.15) is 5.56 Å². The maximum Gasteiger partial charge on any atom is 0.201 e. The Kier molecular flexibility index (Phi) is 8.69. The first-order valence-corrected chi connectivity index (χ1v) is 10.7. The Balaban J connectivity index is 1.78. The fraction of sp³-hybridized carbons (Fsp3) is 0.174. The van der Waals surface area contributed by atoms with Crippen LogP contribution in [0.15, 0.2) is 100 Å². The minimum absolute atomic E-state index is 0.495. The van der Waals surface area contributed by atoms with Crippen LogP contribution < -0.4 is 10.3 Å². The van der Waals surface area contributed by atoms with Gasteiger partial charge in [-0.05, 0) is 36.4 Å². The number of amidine groups is 1. The zero-order chi connectivity index (χ0) is 21.0. The van der Waals surface area contributed by atoms with Gasteiger partial charge >= 0.3 is 0 Å². The molecule has 0 aliphatic carbocycles. The molecule has 7 heteroatoms. The van der Waals surface area contributed by atoms with Gasteiger partial charge in [0, 0.05) is 36.1 Å². The highest BCUT2D eigenvalue weighted by atomic mass is 35.5. The minimum atomic E-state index is 0.495. The lowest BCUT2D eigenvalue weighted by Crippen LogP contribution is -2.27. The molecule has 3 rings (SSSR count). The number of hydrogen-bond acceptors (Lipinski definition) is 4. The Bertz CT molecular complexity index is 938. The smallest absolute Gasteiger partial charge is 0.201 e. The molecule has 0 fully saturated rings. The summed E-state index contributed by atoms with van der Waals surface area (Å²) in [4.78, 5) is 2.14. The molecular formula is C23H23Cl2N5. The van der Waals surface area contributed by atoms with Crippen molar-refractivity contribution < 1.29 is 0 Å². The van der Waals surface area contributed by atoms with Gasteiger partial charge < -0.3 is 4.90 Å². The van der Waals surface area contributed by atoms with E-state index in [9.17, 15) is 0 Å². The molecule has 0 unspecified atom stereocenters. The third kappa shape index (κ3) is 6.58. The first-order valence-electron chi connectivity index (χ1n) is 9.63. The summed E-state index contributed by atoms with van der Waals surface area (Å²) in [6.07, 6.45) is 0. The predicted octanol–water partition coefficient (Wildman–Crippen LogP) is 6.53. The predicted molar refractivity (Wildman–Crippen MR) is 128 cm³/mol. The van der Waals surface area contributed by atoms with Crippen LogP contribution in [0.25, 0.3) is 0 Å². The van der Waals surface area contributed by atoms with Crippen LogP contribution in [0.4, 0.5) is 17.1 Å². The average molecular weight is 440 g/mol. The van der Waals surface area contributed by atoms with Crippen molar-refractivity contribution in [2.45, 2.75) is 0 Å². The molecule has 0 saturated carbocycles. The van der Waals surface area contributed by atoms with Crippen LogP contribution >= 0.6 is 23.2 Å². The van der Waals surface area contributed by atoms with Gasteiger partial charge in [0.25, 0.3) is 0 Å². The summed E-state index contributed by atoms with van der Waals surface area (Å²) in [7, 11) is 0. The van der Waals surface area contributed by atoms with Gasteiger partial charge in [-0.25, -0.2) is 0 Å². The molecule has 0 aliphatic heterocycles. The number of hydrazone groups is 1. The van der Waals surface area contributed by atoms with Crippen LogP contribution in [0.3, 0.4) is 0 Å². The van der Waals surface area contributed by atoms with E-state index in [0.717, 1.165) is 35.7 Å². The second-order valence-corrected chi connectivity index (χ2v) is 7.12. The summed E-state index contributed by atoms with van der Waals surface area (Å²) in [5.74, 6) is 1.59. The first kappa shape index (κ1) is 21.8. The normalized spacial score (nSPS) is 11.6. The molecule has 0 radical (unpaired) electrons. The van der Waals surface area contributed by atoms with E-state index in [4.69, 9.17) is 23.2 Å². The van der Waals surface area contributed by atoms with E-state index in [-0.39, 0.29) is 0 Å². The Morgan fingerprint density at radius 1 is 0.767 bits per heavy atom. The molecule has 0 aliphatic rings. The molecular weight excluding hydrogens is 417 g/mol. The summed E-state index contributed by atoms with van der Waals surface area (Å²) >= 11 is 11.8. The van der Waals surface area contributed by atoms with E-state index in [0.29, 0.717) is 17.6 Å². The van der Waals surface area contributed by atoms with Crippen molar-refractivity contribution in [1.29, 1.82) is 0 Å². The summed E-state index contributed by atoms with van der Waals surface area (Å²) in [5, 5.41) is 13.2. The topological polar surface area (TPSA) is 52.4 Å². The molecule has 3 aromatic rings. The molecule has 0 saturated heterocycles. The molecule has 0 aromatic heterocycles. The quantitative estimate of drug-likeness (QED) is 0.135. The van der Waals surface area contributed by atoms with Crippen molar-refractivity contribution in [3.05, 3.63) is 90.5 Å². The Hall–Kier alpha value is -2.89. The molecule has 154 valence electrons. The van der Waals surface area contributed by atoms with E-state index in [1.165, 1.54) is 0 Å². The lowest BCUT2D eigenvalue weighted by atomic mass is 10.2. The number of benzene rings is 3. The van der Waals surface area contributed by atoms with Crippen molar-refractivity contribution in [3.8, 4) is 0 Å². The Labute approximate surface area is 187 Å². The van der Waals surface area contributed by atoms with Crippen LogP contribution in [0, 0.1) is 0 Å². The highest BCUT2D eigenvalue weighted by Gasteiger charge is 2.06. The van der Waals surface area contributed by atoms with Crippen molar-refractivity contribution >= 4 is 46.1 Å². The standard InChI is InChI=1S/C23H23Cl2N5/c24-15-17-30(18-16-25)22-13-11-21(12-14-22)27-29-23(19-7-3-1-4-8-19)28-26-20-9-5-2-6-10-20/h1-14,26H,15-18H2/b28-23+,29-27?. The van der Waals surface area contributed by atoms with Gasteiger partial charge in [0.2, 0.25) is 5.84 Å². The van der Waals surface area contributed by atoms with E-state index in [1.807, 2.05) is 84.9 Å². The fourth-order valence-electron chi connectivity index (χ4n) is 2.77. The Morgan fingerprint density at radius 3 is 1.97 bits per heavy atom. The molecule has 3 aromatic carbocycles. The number of hydrogen-bond donors (Lipinski definition) is 1. The monoisotopic (exact) mass is 439 g/mol. The maximum atomic E-state index is 5.89. The van der Waals surface area contributed by atoms with Crippen LogP contribution in [0.2, 0.25) is 0 Å². The van der Waals surface area contributed by atoms with Gasteiger partial charge in [0.1, 0.15) is 0 Å².